The minimum absolute atomic E-state index is 0.314. The van der Waals surface area contributed by atoms with Crippen molar-refractivity contribution < 1.29 is 20.4 Å². The van der Waals surface area contributed by atoms with Crippen LogP contribution in [0.5, 0.6) is 0 Å². The molecule has 92 valence electrons. The first-order valence-electron chi connectivity index (χ1n) is 5.10. The summed E-state index contributed by atoms with van der Waals surface area (Å²) >= 11 is 0. The zero-order valence-electron chi connectivity index (χ0n) is 9.24. The lowest BCUT2D eigenvalue weighted by Crippen LogP contribution is -2.52. The van der Waals surface area contributed by atoms with Gasteiger partial charge in [-0.05, 0) is 26.8 Å². The summed E-state index contributed by atoms with van der Waals surface area (Å²) in [6.07, 6.45) is -3.86. The zero-order chi connectivity index (χ0) is 12.0. The molecule has 15 heavy (non-hydrogen) atoms. The van der Waals surface area contributed by atoms with Crippen molar-refractivity contribution in [3.63, 3.8) is 0 Å². The number of nitrogens with two attached hydrogens (primary N) is 1. The number of hydrogen-bond donors (Lipinski definition) is 5. The van der Waals surface area contributed by atoms with Gasteiger partial charge in [0.15, 0.2) is 0 Å². The highest BCUT2D eigenvalue weighted by Gasteiger charge is 2.28. The zero-order valence-corrected chi connectivity index (χ0v) is 9.24. The maximum atomic E-state index is 9.60. The average molecular weight is 222 g/mol. The minimum Gasteiger partial charge on any atom is -0.389 e. The van der Waals surface area contributed by atoms with E-state index in [0.29, 0.717) is 19.5 Å². The summed E-state index contributed by atoms with van der Waals surface area (Å²) in [5.74, 6) is 0. The number of rotatable bonds is 7. The Morgan fingerprint density at radius 2 is 1.40 bits per heavy atom. The van der Waals surface area contributed by atoms with Crippen LogP contribution in [0.1, 0.15) is 20.3 Å². The summed E-state index contributed by atoms with van der Waals surface area (Å²) < 4.78 is 0. The van der Waals surface area contributed by atoms with E-state index in [-0.39, 0.29) is 0 Å². The standard InChI is InChI=1S/C9H22N2O4/c1-6(12)8(14)11(5-3-4-10)9(15)7(2)13/h6-9,12-15H,3-5,10H2,1-2H3. The Hall–Kier alpha value is -0.240. The van der Waals surface area contributed by atoms with Gasteiger partial charge in [-0.25, -0.2) is 4.90 Å². The molecule has 0 aliphatic rings. The van der Waals surface area contributed by atoms with Crippen LogP contribution in [0.2, 0.25) is 0 Å². The van der Waals surface area contributed by atoms with E-state index in [1.54, 1.807) is 0 Å². The van der Waals surface area contributed by atoms with E-state index in [1.165, 1.54) is 18.7 Å². The summed E-state index contributed by atoms with van der Waals surface area (Å²) in [5, 5.41) is 37.6. The van der Waals surface area contributed by atoms with E-state index >= 15 is 0 Å². The van der Waals surface area contributed by atoms with E-state index < -0.39 is 24.7 Å². The van der Waals surface area contributed by atoms with Crippen LogP contribution >= 0.6 is 0 Å². The molecule has 6 N–H and O–H groups in total. The van der Waals surface area contributed by atoms with E-state index in [4.69, 9.17) is 5.73 Å². The van der Waals surface area contributed by atoms with Gasteiger partial charge < -0.3 is 26.2 Å². The second-order valence-corrected chi connectivity index (χ2v) is 3.69. The van der Waals surface area contributed by atoms with Crippen LogP contribution in [0.4, 0.5) is 0 Å². The van der Waals surface area contributed by atoms with Crippen LogP contribution in [-0.2, 0) is 0 Å². The average Bonchev–Trinajstić information content (AvgIpc) is 2.17. The highest BCUT2D eigenvalue weighted by Crippen LogP contribution is 2.09. The van der Waals surface area contributed by atoms with Gasteiger partial charge in [0.1, 0.15) is 12.5 Å². The summed E-state index contributed by atoms with van der Waals surface area (Å²) in [6, 6.07) is 0. The quantitative estimate of drug-likeness (QED) is 0.320. The van der Waals surface area contributed by atoms with Gasteiger partial charge in [0.2, 0.25) is 0 Å². The molecule has 0 aromatic carbocycles. The van der Waals surface area contributed by atoms with Crippen molar-refractivity contribution in [2.24, 2.45) is 5.73 Å². The molecular weight excluding hydrogens is 200 g/mol. The van der Waals surface area contributed by atoms with Crippen molar-refractivity contribution in [3.05, 3.63) is 0 Å². The van der Waals surface area contributed by atoms with Gasteiger partial charge in [-0.3, -0.25) is 0 Å². The van der Waals surface area contributed by atoms with Gasteiger partial charge in [0, 0.05) is 6.54 Å². The second kappa shape index (κ2) is 7.10. The number of aliphatic hydroxyl groups is 4. The van der Waals surface area contributed by atoms with Gasteiger partial charge in [-0.15, -0.1) is 0 Å². The van der Waals surface area contributed by atoms with Crippen molar-refractivity contribution in [2.45, 2.75) is 44.9 Å². The lowest BCUT2D eigenvalue weighted by Gasteiger charge is -2.34. The van der Waals surface area contributed by atoms with E-state index in [1.807, 2.05) is 0 Å². The van der Waals surface area contributed by atoms with Crippen LogP contribution in [0.3, 0.4) is 0 Å². The summed E-state index contributed by atoms with van der Waals surface area (Å²) in [5.41, 5.74) is 5.31. The molecule has 0 fully saturated rings. The first kappa shape index (κ1) is 14.8. The van der Waals surface area contributed by atoms with Crippen LogP contribution in [0.25, 0.3) is 0 Å². The molecule has 0 aromatic rings. The maximum Gasteiger partial charge on any atom is 0.135 e. The molecule has 0 radical (unpaired) electrons. The number of aliphatic hydroxyl groups excluding tert-OH is 4. The smallest absolute Gasteiger partial charge is 0.135 e. The molecule has 0 amide bonds. The molecule has 0 heterocycles. The molecule has 0 aliphatic heterocycles. The van der Waals surface area contributed by atoms with Crippen LogP contribution in [0.15, 0.2) is 0 Å². The molecule has 4 atom stereocenters. The lowest BCUT2D eigenvalue weighted by molar-refractivity contribution is -0.171. The molecule has 6 nitrogen and oxygen atoms in total. The lowest BCUT2D eigenvalue weighted by atomic mass is 10.2. The normalized spacial score (nSPS) is 20.0. The summed E-state index contributed by atoms with van der Waals surface area (Å²) in [6.45, 7) is 3.55. The third-order valence-corrected chi connectivity index (χ3v) is 2.16. The number of hydrogen-bond acceptors (Lipinski definition) is 6. The number of nitrogens with zero attached hydrogens (tertiary/aromatic N) is 1. The van der Waals surface area contributed by atoms with Gasteiger partial charge in [0.25, 0.3) is 0 Å². The second-order valence-electron chi connectivity index (χ2n) is 3.69. The predicted octanol–water partition coefficient (Wildman–Crippen LogP) is -1.96. The molecule has 0 saturated carbocycles. The van der Waals surface area contributed by atoms with Crippen molar-refractivity contribution >= 4 is 0 Å². The minimum atomic E-state index is -1.21. The fraction of sp³-hybridized carbons (Fsp3) is 1.00. The molecular formula is C9H22N2O4. The highest BCUT2D eigenvalue weighted by atomic mass is 16.4. The third-order valence-electron chi connectivity index (χ3n) is 2.16. The van der Waals surface area contributed by atoms with E-state index in [9.17, 15) is 20.4 Å². The van der Waals surface area contributed by atoms with E-state index in [2.05, 4.69) is 0 Å². The fourth-order valence-electron chi connectivity index (χ4n) is 1.25. The molecule has 0 aliphatic carbocycles. The van der Waals surface area contributed by atoms with Crippen LogP contribution in [-0.4, -0.2) is 63.1 Å². The Balaban J connectivity index is 4.42. The van der Waals surface area contributed by atoms with E-state index in [0.717, 1.165) is 0 Å². The van der Waals surface area contributed by atoms with Crippen LogP contribution < -0.4 is 5.73 Å². The monoisotopic (exact) mass is 222 g/mol. The Labute approximate surface area is 89.9 Å². The predicted molar refractivity (Wildman–Crippen MR) is 55.8 cm³/mol. The van der Waals surface area contributed by atoms with Crippen molar-refractivity contribution in [1.82, 2.24) is 4.90 Å². The van der Waals surface area contributed by atoms with Gasteiger partial charge in [0.05, 0.1) is 12.2 Å². The van der Waals surface area contributed by atoms with Crippen molar-refractivity contribution in [2.75, 3.05) is 13.1 Å². The Bertz CT molecular complexity index is 152. The fourth-order valence-corrected chi connectivity index (χ4v) is 1.25. The van der Waals surface area contributed by atoms with Gasteiger partial charge in [-0.2, -0.15) is 0 Å². The molecule has 0 bridgehead atoms. The summed E-state index contributed by atoms with van der Waals surface area (Å²) in [4.78, 5) is 1.22. The Kier molecular flexibility index (Phi) is 6.99. The maximum absolute atomic E-state index is 9.60. The first-order valence-corrected chi connectivity index (χ1v) is 5.10. The SMILES string of the molecule is CC(O)C(O)N(CCCN)C(O)C(C)O. The topological polar surface area (TPSA) is 110 Å². The molecule has 4 unspecified atom stereocenters. The molecule has 0 spiro atoms. The van der Waals surface area contributed by atoms with Gasteiger partial charge >= 0.3 is 0 Å². The Morgan fingerprint density at radius 3 is 1.67 bits per heavy atom. The molecule has 0 aromatic heterocycles. The first-order chi connectivity index (χ1) is 6.91. The van der Waals surface area contributed by atoms with Crippen molar-refractivity contribution in [1.29, 1.82) is 0 Å². The summed E-state index contributed by atoms with van der Waals surface area (Å²) in [7, 11) is 0. The third kappa shape index (κ3) is 4.87. The van der Waals surface area contributed by atoms with Crippen molar-refractivity contribution in [3.8, 4) is 0 Å². The molecule has 6 heteroatoms. The largest absolute Gasteiger partial charge is 0.389 e. The molecule has 0 rings (SSSR count). The van der Waals surface area contributed by atoms with Gasteiger partial charge in [-0.1, -0.05) is 0 Å². The highest BCUT2D eigenvalue weighted by molar-refractivity contribution is 4.72. The van der Waals surface area contributed by atoms with Crippen LogP contribution in [0, 0.1) is 0 Å². The Morgan fingerprint density at radius 1 is 1.00 bits per heavy atom. The molecule has 0 saturated heterocycles.